The van der Waals surface area contributed by atoms with Gasteiger partial charge in [0.05, 0.1) is 22.3 Å². The quantitative estimate of drug-likeness (QED) is 0.534. The van der Waals surface area contributed by atoms with Crippen molar-refractivity contribution in [2.75, 3.05) is 0 Å². The van der Waals surface area contributed by atoms with Crippen LogP contribution in [-0.2, 0) is 6.18 Å². The van der Waals surface area contributed by atoms with Crippen LogP contribution in [0.15, 0.2) is 55.0 Å². The second-order valence-electron chi connectivity index (χ2n) is 5.04. The Balaban J connectivity index is 1.88. The van der Waals surface area contributed by atoms with Crippen molar-refractivity contribution in [3.63, 3.8) is 0 Å². The van der Waals surface area contributed by atoms with Crippen LogP contribution in [-0.4, -0.2) is 19.4 Å². The first-order valence-electron chi connectivity index (χ1n) is 6.79. The molecule has 0 saturated carbocycles. The van der Waals surface area contributed by atoms with Gasteiger partial charge in [-0.15, -0.1) is 0 Å². The molecule has 0 radical (unpaired) electrons. The minimum atomic E-state index is -4.44. The third kappa shape index (κ3) is 2.30. The van der Waals surface area contributed by atoms with Crippen molar-refractivity contribution in [2.45, 2.75) is 6.18 Å². The van der Waals surface area contributed by atoms with Crippen molar-refractivity contribution in [2.24, 2.45) is 0 Å². The fourth-order valence-corrected chi connectivity index (χ4v) is 2.44. The standard InChI is InChI=1S/C16H9F3N4/c17-16(18,19)11-7-10(8-20-9-11)12-5-6-23-14-4-2-1-3-13(14)22-15(23)21-12/h1-9H. The molecule has 0 aliphatic carbocycles. The average Bonchev–Trinajstić information content (AvgIpc) is 2.92. The van der Waals surface area contributed by atoms with Gasteiger partial charge in [-0.25, -0.2) is 9.97 Å². The molecule has 0 bridgehead atoms. The first-order valence-corrected chi connectivity index (χ1v) is 6.79. The zero-order valence-electron chi connectivity index (χ0n) is 11.6. The monoisotopic (exact) mass is 314 g/mol. The maximum Gasteiger partial charge on any atom is 0.417 e. The summed E-state index contributed by atoms with van der Waals surface area (Å²) in [7, 11) is 0. The molecule has 0 aliphatic rings. The van der Waals surface area contributed by atoms with E-state index in [4.69, 9.17) is 0 Å². The smallest absolute Gasteiger partial charge is 0.284 e. The predicted molar refractivity (Wildman–Crippen MR) is 78.7 cm³/mol. The lowest BCUT2D eigenvalue weighted by molar-refractivity contribution is -0.137. The van der Waals surface area contributed by atoms with Gasteiger partial charge in [-0.2, -0.15) is 13.2 Å². The Labute approximate surface area is 128 Å². The second-order valence-corrected chi connectivity index (χ2v) is 5.04. The Hall–Kier alpha value is -2.96. The van der Waals surface area contributed by atoms with Gasteiger partial charge >= 0.3 is 6.18 Å². The van der Waals surface area contributed by atoms with Gasteiger partial charge in [-0.1, -0.05) is 12.1 Å². The molecule has 0 amide bonds. The van der Waals surface area contributed by atoms with Crippen molar-refractivity contribution in [3.8, 4) is 11.3 Å². The molecule has 4 aromatic rings. The van der Waals surface area contributed by atoms with E-state index in [1.54, 1.807) is 16.7 Å². The van der Waals surface area contributed by atoms with Crippen LogP contribution in [0, 0.1) is 0 Å². The Bertz CT molecular complexity index is 1020. The Morgan fingerprint density at radius 1 is 0.957 bits per heavy atom. The van der Waals surface area contributed by atoms with E-state index in [-0.39, 0.29) is 0 Å². The van der Waals surface area contributed by atoms with Gasteiger partial charge in [0.25, 0.3) is 0 Å². The number of alkyl halides is 3. The van der Waals surface area contributed by atoms with Crippen molar-refractivity contribution >= 4 is 16.8 Å². The molecule has 0 N–H and O–H groups in total. The van der Waals surface area contributed by atoms with Crippen molar-refractivity contribution in [3.05, 3.63) is 60.6 Å². The SMILES string of the molecule is FC(F)(F)c1cncc(-c2ccn3c(n2)nc2ccccc23)c1. The number of imidazole rings is 1. The van der Waals surface area contributed by atoms with Gasteiger partial charge in [-0.05, 0) is 24.3 Å². The second kappa shape index (κ2) is 4.77. The summed E-state index contributed by atoms with van der Waals surface area (Å²) < 4.78 is 40.2. The lowest BCUT2D eigenvalue weighted by atomic mass is 10.1. The van der Waals surface area contributed by atoms with Gasteiger partial charge in [0.15, 0.2) is 0 Å². The van der Waals surface area contributed by atoms with Crippen LogP contribution in [0.3, 0.4) is 0 Å². The number of rotatable bonds is 1. The van der Waals surface area contributed by atoms with Gasteiger partial charge in [0, 0.05) is 24.2 Å². The minimum absolute atomic E-state index is 0.300. The number of nitrogens with zero attached hydrogens (tertiary/aromatic N) is 4. The van der Waals surface area contributed by atoms with E-state index in [1.807, 2.05) is 24.3 Å². The molecule has 0 aliphatic heterocycles. The first kappa shape index (κ1) is 13.7. The summed E-state index contributed by atoms with van der Waals surface area (Å²) in [5.41, 5.74) is 1.56. The summed E-state index contributed by atoms with van der Waals surface area (Å²) in [5.74, 6) is 0.432. The topological polar surface area (TPSA) is 43.1 Å². The number of halogens is 3. The Morgan fingerprint density at radius 3 is 2.61 bits per heavy atom. The molecule has 0 fully saturated rings. The highest BCUT2D eigenvalue weighted by Crippen LogP contribution is 2.31. The highest BCUT2D eigenvalue weighted by Gasteiger charge is 2.31. The largest absolute Gasteiger partial charge is 0.417 e. The number of fused-ring (bicyclic) bond motifs is 3. The highest BCUT2D eigenvalue weighted by atomic mass is 19.4. The highest BCUT2D eigenvalue weighted by molar-refractivity contribution is 5.79. The third-order valence-corrected chi connectivity index (χ3v) is 3.54. The van der Waals surface area contributed by atoms with E-state index in [9.17, 15) is 13.2 Å². The van der Waals surface area contributed by atoms with E-state index >= 15 is 0 Å². The lowest BCUT2D eigenvalue weighted by Crippen LogP contribution is -2.05. The number of benzene rings is 1. The van der Waals surface area contributed by atoms with Crippen LogP contribution < -0.4 is 0 Å². The summed E-state index contributed by atoms with van der Waals surface area (Å²) in [4.78, 5) is 12.4. The van der Waals surface area contributed by atoms with Crippen molar-refractivity contribution in [1.82, 2.24) is 19.4 Å². The Morgan fingerprint density at radius 2 is 1.78 bits per heavy atom. The first-order chi connectivity index (χ1) is 11.0. The molecule has 1 aromatic carbocycles. The molecule has 0 atom stereocenters. The number of hydrogen-bond acceptors (Lipinski definition) is 3. The lowest BCUT2D eigenvalue weighted by Gasteiger charge is -2.07. The molecule has 7 heteroatoms. The van der Waals surface area contributed by atoms with Crippen molar-refractivity contribution in [1.29, 1.82) is 0 Å². The third-order valence-electron chi connectivity index (χ3n) is 3.54. The summed E-state index contributed by atoms with van der Waals surface area (Å²) >= 11 is 0. The van der Waals surface area contributed by atoms with Crippen LogP contribution in [0.2, 0.25) is 0 Å². The van der Waals surface area contributed by atoms with Gasteiger partial charge in [0.2, 0.25) is 5.78 Å². The van der Waals surface area contributed by atoms with Gasteiger partial charge in [0.1, 0.15) is 0 Å². The van der Waals surface area contributed by atoms with Crippen LogP contribution >= 0.6 is 0 Å². The minimum Gasteiger partial charge on any atom is -0.284 e. The maximum atomic E-state index is 12.8. The molecule has 0 unspecified atom stereocenters. The molecule has 0 spiro atoms. The summed E-state index contributed by atoms with van der Waals surface area (Å²) in [6.07, 6.45) is -0.537. The van der Waals surface area contributed by atoms with Crippen LogP contribution in [0.25, 0.3) is 28.1 Å². The average molecular weight is 314 g/mol. The molecular formula is C16H9F3N4. The zero-order valence-corrected chi connectivity index (χ0v) is 11.6. The number of aromatic nitrogens is 4. The molecule has 3 aromatic heterocycles. The molecular weight excluding hydrogens is 305 g/mol. The van der Waals surface area contributed by atoms with E-state index in [2.05, 4.69) is 15.0 Å². The molecule has 4 nitrogen and oxygen atoms in total. The summed E-state index contributed by atoms with van der Waals surface area (Å²) in [5, 5.41) is 0. The maximum absolute atomic E-state index is 12.8. The van der Waals surface area contributed by atoms with Gasteiger partial charge in [-0.3, -0.25) is 9.38 Å². The van der Waals surface area contributed by atoms with E-state index in [1.165, 1.54) is 6.20 Å². The fraction of sp³-hybridized carbons (Fsp3) is 0.0625. The number of pyridine rings is 1. The van der Waals surface area contributed by atoms with Crippen LogP contribution in [0.1, 0.15) is 5.56 Å². The zero-order chi connectivity index (χ0) is 16.0. The fourth-order valence-electron chi connectivity index (χ4n) is 2.44. The normalized spacial score (nSPS) is 12.1. The van der Waals surface area contributed by atoms with Gasteiger partial charge < -0.3 is 0 Å². The van der Waals surface area contributed by atoms with E-state index in [0.29, 0.717) is 17.0 Å². The van der Waals surface area contributed by atoms with Crippen molar-refractivity contribution < 1.29 is 13.2 Å². The molecule has 23 heavy (non-hydrogen) atoms. The molecule has 0 saturated heterocycles. The van der Waals surface area contributed by atoms with E-state index in [0.717, 1.165) is 23.3 Å². The Kier molecular flexibility index (Phi) is 2.84. The number of hydrogen-bond donors (Lipinski definition) is 0. The van der Waals surface area contributed by atoms with Crippen LogP contribution in [0.4, 0.5) is 13.2 Å². The van der Waals surface area contributed by atoms with E-state index < -0.39 is 11.7 Å². The molecule has 3 heterocycles. The predicted octanol–water partition coefficient (Wildman–Crippen LogP) is 3.96. The summed E-state index contributed by atoms with van der Waals surface area (Å²) in [6, 6.07) is 10.2. The molecule has 4 rings (SSSR count). The summed E-state index contributed by atoms with van der Waals surface area (Å²) in [6.45, 7) is 0. The van der Waals surface area contributed by atoms with Crippen LogP contribution in [0.5, 0.6) is 0 Å². The number of para-hydroxylation sites is 2. The molecule has 114 valence electrons.